The molecule has 1 aromatic heterocycles. The normalized spacial score (nSPS) is 9.92. The molecule has 24 heavy (non-hydrogen) atoms. The number of furan rings is 1. The summed E-state index contributed by atoms with van der Waals surface area (Å²) >= 11 is 11.3. The molecule has 0 aliphatic heterocycles. The molecule has 0 atom stereocenters. The summed E-state index contributed by atoms with van der Waals surface area (Å²) in [6.45, 7) is -0.212. The van der Waals surface area contributed by atoms with Crippen molar-refractivity contribution in [3.63, 3.8) is 0 Å². The summed E-state index contributed by atoms with van der Waals surface area (Å²) in [5.41, 5.74) is 4.70. The Balaban J connectivity index is 1.70. The molecule has 0 saturated heterocycles. The highest BCUT2D eigenvalue weighted by Gasteiger charge is 2.12. The molecule has 0 fully saturated rings. The zero-order valence-electron chi connectivity index (χ0n) is 12.0. The van der Waals surface area contributed by atoms with Crippen LogP contribution in [0.2, 0.25) is 0 Å². The molecule has 1 heterocycles. The summed E-state index contributed by atoms with van der Waals surface area (Å²) in [6.07, 6.45) is 0. The first-order valence-corrected chi connectivity index (χ1v) is 8.47. The number of carbonyl (C=O) groups is 2. The molecule has 0 aliphatic carbocycles. The van der Waals surface area contributed by atoms with Gasteiger partial charge in [-0.25, -0.2) is 0 Å². The predicted octanol–water partition coefficient (Wildman–Crippen LogP) is 2.52. The molecule has 0 spiro atoms. The minimum absolute atomic E-state index is 0.0792. The molecule has 0 saturated carbocycles. The van der Waals surface area contributed by atoms with Crippen LogP contribution < -0.4 is 20.9 Å². The Hall–Kier alpha value is -1.91. The third-order valence-corrected chi connectivity index (χ3v) is 3.68. The van der Waals surface area contributed by atoms with Gasteiger partial charge in [-0.3, -0.25) is 25.8 Å². The molecule has 2 aromatic rings. The van der Waals surface area contributed by atoms with Crippen LogP contribution in [0.5, 0.6) is 5.75 Å². The van der Waals surface area contributed by atoms with Crippen molar-refractivity contribution in [1.82, 2.24) is 16.2 Å². The number of amides is 2. The molecule has 1 aromatic carbocycles. The van der Waals surface area contributed by atoms with Crippen LogP contribution in [-0.2, 0) is 4.79 Å². The SMILES string of the molecule is O=C(COc1ccc(Br)cc1)NNC(=S)NC(=O)c1ccc(Br)o1. The number of halogens is 2. The van der Waals surface area contributed by atoms with Gasteiger partial charge in [0.15, 0.2) is 22.1 Å². The molecule has 2 amide bonds. The topological polar surface area (TPSA) is 92.6 Å². The fourth-order valence-corrected chi connectivity index (χ4v) is 2.19. The van der Waals surface area contributed by atoms with Crippen LogP contribution in [0, 0.1) is 0 Å². The van der Waals surface area contributed by atoms with E-state index < -0.39 is 11.8 Å². The average Bonchev–Trinajstić information content (AvgIpc) is 2.99. The highest BCUT2D eigenvalue weighted by Crippen LogP contribution is 2.16. The van der Waals surface area contributed by atoms with Crippen LogP contribution in [0.3, 0.4) is 0 Å². The lowest BCUT2D eigenvalue weighted by atomic mass is 10.3. The number of rotatable bonds is 4. The number of hydrogen-bond donors (Lipinski definition) is 3. The Kier molecular flexibility index (Phi) is 6.76. The second-order valence-corrected chi connectivity index (χ2v) is 6.41. The summed E-state index contributed by atoms with van der Waals surface area (Å²) in [7, 11) is 0. The summed E-state index contributed by atoms with van der Waals surface area (Å²) in [5.74, 6) is -0.377. The van der Waals surface area contributed by atoms with Gasteiger partial charge in [-0.05, 0) is 64.5 Å². The van der Waals surface area contributed by atoms with Crippen LogP contribution in [0.4, 0.5) is 0 Å². The standard InChI is InChI=1S/C14H11Br2N3O4S/c15-8-1-3-9(4-2-8)22-7-12(20)18-19-14(24)17-13(21)10-5-6-11(16)23-10/h1-6H,7H2,(H,18,20)(H2,17,19,21,24). The lowest BCUT2D eigenvalue weighted by Crippen LogP contribution is -2.49. The lowest BCUT2D eigenvalue weighted by molar-refractivity contribution is -0.123. The van der Waals surface area contributed by atoms with Crippen LogP contribution >= 0.6 is 44.1 Å². The zero-order chi connectivity index (χ0) is 17.5. The predicted molar refractivity (Wildman–Crippen MR) is 97.4 cm³/mol. The van der Waals surface area contributed by atoms with Gasteiger partial charge >= 0.3 is 0 Å². The maximum Gasteiger partial charge on any atom is 0.293 e. The second kappa shape index (κ2) is 8.81. The van der Waals surface area contributed by atoms with E-state index in [1.54, 1.807) is 30.3 Å². The summed E-state index contributed by atoms with van der Waals surface area (Å²) in [4.78, 5) is 23.4. The van der Waals surface area contributed by atoms with Crippen molar-refractivity contribution in [1.29, 1.82) is 0 Å². The quantitative estimate of drug-likeness (QED) is 0.463. The van der Waals surface area contributed by atoms with Gasteiger partial charge in [0.05, 0.1) is 0 Å². The van der Waals surface area contributed by atoms with Gasteiger partial charge in [0.1, 0.15) is 5.75 Å². The van der Waals surface area contributed by atoms with Crippen LogP contribution in [0.15, 0.2) is 50.0 Å². The van der Waals surface area contributed by atoms with E-state index in [1.165, 1.54) is 6.07 Å². The van der Waals surface area contributed by atoms with Gasteiger partial charge in [-0.1, -0.05) is 15.9 Å². The zero-order valence-corrected chi connectivity index (χ0v) is 16.0. The van der Waals surface area contributed by atoms with E-state index in [-0.39, 0.29) is 17.5 Å². The number of ether oxygens (including phenoxy) is 1. The fourth-order valence-electron chi connectivity index (χ4n) is 1.47. The van der Waals surface area contributed by atoms with Crippen LogP contribution in [-0.4, -0.2) is 23.5 Å². The molecular weight excluding hydrogens is 466 g/mol. The number of hydrazine groups is 1. The minimum Gasteiger partial charge on any atom is -0.484 e. The van der Waals surface area contributed by atoms with Crippen molar-refractivity contribution in [2.24, 2.45) is 0 Å². The summed E-state index contributed by atoms with van der Waals surface area (Å²) < 4.78 is 11.7. The van der Waals surface area contributed by atoms with E-state index in [4.69, 9.17) is 21.4 Å². The maximum absolute atomic E-state index is 11.8. The highest BCUT2D eigenvalue weighted by atomic mass is 79.9. The van der Waals surface area contributed by atoms with E-state index in [1.807, 2.05) is 0 Å². The first kappa shape index (κ1) is 18.4. The molecule has 3 N–H and O–H groups in total. The second-order valence-electron chi connectivity index (χ2n) is 4.30. The number of hydrogen-bond acceptors (Lipinski definition) is 5. The van der Waals surface area contributed by atoms with Crippen molar-refractivity contribution >= 4 is 61.0 Å². The first-order valence-electron chi connectivity index (χ1n) is 6.48. The van der Waals surface area contributed by atoms with Crippen molar-refractivity contribution in [2.75, 3.05) is 6.61 Å². The monoisotopic (exact) mass is 475 g/mol. The third kappa shape index (κ3) is 5.95. The van der Waals surface area contributed by atoms with E-state index in [0.717, 1.165) is 4.47 Å². The molecular formula is C14H11Br2N3O4S. The van der Waals surface area contributed by atoms with Gasteiger partial charge in [0.25, 0.3) is 11.8 Å². The van der Waals surface area contributed by atoms with Crippen molar-refractivity contribution in [3.8, 4) is 5.75 Å². The van der Waals surface area contributed by atoms with E-state index in [2.05, 4.69) is 48.0 Å². The fraction of sp³-hybridized carbons (Fsp3) is 0.0714. The number of benzene rings is 1. The Morgan fingerprint density at radius 1 is 1.08 bits per heavy atom. The first-order chi connectivity index (χ1) is 11.4. The van der Waals surface area contributed by atoms with Crippen molar-refractivity contribution in [2.45, 2.75) is 0 Å². The Morgan fingerprint density at radius 2 is 1.79 bits per heavy atom. The largest absolute Gasteiger partial charge is 0.484 e. The Bertz CT molecular complexity index is 749. The number of carbonyl (C=O) groups excluding carboxylic acids is 2. The Morgan fingerprint density at radius 3 is 2.42 bits per heavy atom. The molecule has 0 unspecified atom stereocenters. The number of nitrogens with one attached hydrogen (secondary N) is 3. The average molecular weight is 477 g/mol. The van der Waals surface area contributed by atoms with Gasteiger partial charge in [0, 0.05) is 4.47 Å². The Labute approximate surface area is 159 Å². The van der Waals surface area contributed by atoms with Crippen LogP contribution in [0.25, 0.3) is 0 Å². The minimum atomic E-state index is -0.543. The molecule has 0 radical (unpaired) electrons. The van der Waals surface area contributed by atoms with E-state index >= 15 is 0 Å². The van der Waals surface area contributed by atoms with E-state index in [9.17, 15) is 9.59 Å². The molecule has 10 heteroatoms. The number of thiocarbonyl (C=S) groups is 1. The smallest absolute Gasteiger partial charge is 0.293 e. The van der Waals surface area contributed by atoms with Gasteiger partial charge < -0.3 is 9.15 Å². The molecule has 2 rings (SSSR count). The molecule has 0 aliphatic rings. The molecule has 126 valence electrons. The molecule has 0 bridgehead atoms. The van der Waals surface area contributed by atoms with Gasteiger partial charge in [0.2, 0.25) is 0 Å². The summed E-state index contributed by atoms with van der Waals surface area (Å²) in [6, 6.07) is 10.1. The van der Waals surface area contributed by atoms with Gasteiger partial charge in [-0.15, -0.1) is 0 Å². The summed E-state index contributed by atoms with van der Waals surface area (Å²) in [5, 5.41) is 2.27. The third-order valence-electron chi connectivity index (χ3n) is 2.52. The highest BCUT2D eigenvalue weighted by molar-refractivity contribution is 9.10. The lowest BCUT2D eigenvalue weighted by Gasteiger charge is -2.10. The van der Waals surface area contributed by atoms with Crippen molar-refractivity contribution < 1.29 is 18.7 Å². The van der Waals surface area contributed by atoms with Crippen LogP contribution in [0.1, 0.15) is 10.6 Å². The van der Waals surface area contributed by atoms with Gasteiger partial charge in [-0.2, -0.15) is 0 Å². The van der Waals surface area contributed by atoms with Crippen molar-refractivity contribution in [3.05, 3.63) is 51.3 Å². The maximum atomic E-state index is 11.8. The molecule has 7 nitrogen and oxygen atoms in total. The van der Waals surface area contributed by atoms with E-state index in [0.29, 0.717) is 10.4 Å².